The molecule has 0 aromatic heterocycles. The largest absolute Gasteiger partial charge is 0.409 e. The number of carbonyl (C=O) groups excluding carboxylic acids is 1. The number of carbonyl (C=O) groups is 1. The second-order valence-corrected chi connectivity index (χ2v) is 5.49. The van der Waals surface area contributed by atoms with E-state index >= 15 is 0 Å². The van der Waals surface area contributed by atoms with E-state index in [4.69, 9.17) is 22.5 Å². The number of rotatable bonds is 4. The summed E-state index contributed by atoms with van der Waals surface area (Å²) in [6.07, 6.45) is 0.362. The third kappa shape index (κ3) is 4.61. The van der Waals surface area contributed by atoms with Crippen LogP contribution in [0, 0.1) is 0 Å². The minimum Gasteiger partial charge on any atom is -0.409 e. The fourth-order valence-corrected chi connectivity index (χ4v) is 2.56. The summed E-state index contributed by atoms with van der Waals surface area (Å²) in [6.45, 7) is 3.16. The lowest BCUT2D eigenvalue weighted by atomic mass is 10.1. The lowest BCUT2D eigenvalue weighted by Gasteiger charge is -2.34. The fraction of sp³-hybridized carbons (Fsp3) is 0.429. The van der Waals surface area contributed by atoms with E-state index in [2.05, 4.69) is 10.1 Å². The summed E-state index contributed by atoms with van der Waals surface area (Å²) >= 11 is 5.92. The van der Waals surface area contributed by atoms with E-state index in [0.717, 1.165) is 18.7 Å². The average Bonchev–Trinajstić information content (AvgIpc) is 2.47. The third-order valence-corrected chi connectivity index (χ3v) is 3.72. The molecule has 0 spiro atoms. The highest BCUT2D eigenvalue weighted by atomic mass is 35.5. The maximum Gasteiger partial charge on any atom is 0.227 e. The molecule has 1 heterocycles. The zero-order valence-corrected chi connectivity index (χ0v) is 12.5. The molecule has 21 heavy (non-hydrogen) atoms. The van der Waals surface area contributed by atoms with Crippen LogP contribution in [0.25, 0.3) is 0 Å². The summed E-state index contributed by atoms with van der Waals surface area (Å²) in [7, 11) is 0. The first-order valence-corrected chi connectivity index (χ1v) is 7.17. The van der Waals surface area contributed by atoms with Crippen molar-refractivity contribution in [2.75, 3.05) is 32.7 Å². The Hall–Kier alpha value is -1.79. The highest BCUT2D eigenvalue weighted by Crippen LogP contribution is 2.12. The van der Waals surface area contributed by atoms with Gasteiger partial charge in [-0.25, -0.2) is 0 Å². The Labute approximate surface area is 128 Å². The molecule has 0 aliphatic carbocycles. The van der Waals surface area contributed by atoms with E-state index in [1.165, 1.54) is 0 Å². The molecule has 1 amide bonds. The van der Waals surface area contributed by atoms with Gasteiger partial charge in [-0.1, -0.05) is 28.9 Å². The van der Waals surface area contributed by atoms with E-state index in [9.17, 15) is 4.79 Å². The molecule has 0 saturated carbocycles. The zero-order chi connectivity index (χ0) is 15.2. The molecule has 1 fully saturated rings. The standard InChI is InChI=1S/C14H19ClN4O2/c15-12-3-1-2-11(8-12)9-14(20)19-6-4-18(5-7-19)10-13(16)17-21/h1-3,8,21H,4-7,9-10H2,(H2,16,17). The number of piperazine rings is 1. The molecular weight excluding hydrogens is 292 g/mol. The molecule has 2 rings (SSSR count). The van der Waals surface area contributed by atoms with Crippen LogP contribution in [0.5, 0.6) is 0 Å². The molecule has 6 nitrogen and oxygen atoms in total. The van der Waals surface area contributed by atoms with Crippen molar-refractivity contribution in [2.45, 2.75) is 6.42 Å². The van der Waals surface area contributed by atoms with Crippen molar-refractivity contribution in [3.8, 4) is 0 Å². The summed E-state index contributed by atoms with van der Waals surface area (Å²) in [5, 5.41) is 12.2. The Balaban J connectivity index is 1.83. The van der Waals surface area contributed by atoms with Crippen LogP contribution in [0.4, 0.5) is 0 Å². The van der Waals surface area contributed by atoms with Crippen LogP contribution >= 0.6 is 11.6 Å². The van der Waals surface area contributed by atoms with Gasteiger partial charge in [0.1, 0.15) is 0 Å². The zero-order valence-electron chi connectivity index (χ0n) is 11.7. The topological polar surface area (TPSA) is 82.2 Å². The van der Waals surface area contributed by atoms with E-state index in [1.807, 2.05) is 23.1 Å². The van der Waals surface area contributed by atoms with E-state index in [1.54, 1.807) is 6.07 Å². The van der Waals surface area contributed by atoms with E-state index in [-0.39, 0.29) is 11.7 Å². The molecule has 0 unspecified atom stereocenters. The van der Waals surface area contributed by atoms with E-state index in [0.29, 0.717) is 31.1 Å². The monoisotopic (exact) mass is 310 g/mol. The Morgan fingerprint density at radius 3 is 2.67 bits per heavy atom. The maximum atomic E-state index is 12.2. The molecule has 1 aromatic carbocycles. The normalized spacial score (nSPS) is 17.0. The highest BCUT2D eigenvalue weighted by Gasteiger charge is 2.21. The van der Waals surface area contributed by atoms with Gasteiger partial charge < -0.3 is 15.8 Å². The lowest BCUT2D eigenvalue weighted by molar-refractivity contribution is -0.132. The second kappa shape index (κ2) is 7.28. The molecule has 0 atom stereocenters. The van der Waals surface area contributed by atoms with Gasteiger partial charge in [0.2, 0.25) is 5.91 Å². The van der Waals surface area contributed by atoms with Gasteiger partial charge in [0.15, 0.2) is 5.84 Å². The minimum atomic E-state index is 0.0979. The van der Waals surface area contributed by atoms with Gasteiger partial charge in [-0.3, -0.25) is 9.69 Å². The van der Waals surface area contributed by atoms with Crippen molar-refractivity contribution >= 4 is 23.3 Å². The van der Waals surface area contributed by atoms with E-state index < -0.39 is 0 Å². The summed E-state index contributed by atoms with van der Waals surface area (Å²) < 4.78 is 0. The molecule has 0 bridgehead atoms. The van der Waals surface area contributed by atoms with Crippen LogP contribution in [0.1, 0.15) is 5.56 Å². The molecule has 7 heteroatoms. The number of halogens is 1. The predicted octanol–water partition coefficient (Wildman–Crippen LogP) is 0.773. The first-order valence-electron chi connectivity index (χ1n) is 6.79. The van der Waals surface area contributed by atoms with Gasteiger partial charge in [0.25, 0.3) is 0 Å². The predicted molar refractivity (Wildman–Crippen MR) is 81.6 cm³/mol. The minimum absolute atomic E-state index is 0.0979. The highest BCUT2D eigenvalue weighted by molar-refractivity contribution is 6.30. The Bertz CT molecular complexity index is 527. The number of amides is 1. The summed E-state index contributed by atoms with van der Waals surface area (Å²) in [5.74, 6) is 0.286. The fourth-order valence-electron chi connectivity index (χ4n) is 2.35. The van der Waals surface area contributed by atoms with Crippen LogP contribution in [0.2, 0.25) is 5.02 Å². The molecule has 1 aromatic rings. The van der Waals surface area contributed by atoms with Crippen LogP contribution in [0.3, 0.4) is 0 Å². The molecule has 114 valence electrons. The average molecular weight is 311 g/mol. The first-order chi connectivity index (χ1) is 10.1. The lowest BCUT2D eigenvalue weighted by Crippen LogP contribution is -2.51. The Kier molecular flexibility index (Phi) is 5.41. The van der Waals surface area contributed by atoms with Crippen molar-refractivity contribution in [3.63, 3.8) is 0 Å². The molecular formula is C14H19ClN4O2. The van der Waals surface area contributed by atoms with Crippen molar-refractivity contribution in [1.82, 2.24) is 9.80 Å². The van der Waals surface area contributed by atoms with Crippen LogP contribution in [0.15, 0.2) is 29.4 Å². The molecule has 3 N–H and O–H groups in total. The summed E-state index contributed by atoms with van der Waals surface area (Å²) in [4.78, 5) is 16.1. The number of benzene rings is 1. The molecule has 1 aliphatic heterocycles. The number of hydrogen-bond donors (Lipinski definition) is 2. The number of hydrogen-bond acceptors (Lipinski definition) is 4. The van der Waals surface area contributed by atoms with Gasteiger partial charge >= 0.3 is 0 Å². The quantitative estimate of drug-likeness (QED) is 0.372. The second-order valence-electron chi connectivity index (χ2n) is 5.05. The Morgan fingerprint density at radius 1 is 1.33 bits per heavy atom. The molecule has 1 aliphatic rings. The summed E-state index contributed by atoms with van der Waals surface area (Å²) in [5.41, 5.74) is 6.40. The van der Waals surface area contributed by atoms with Crippen LogP contribution in [-0.2, 0) is 11.2 Å². The molecule has 0 radical (unpaired) electrons. The van der Waals surface area contributed by atoms with Gasteiger partial charge in [-0.2, -0.15) is 0 Å². The van der Waals surface area contributed by atoms with Gasteiger partial charge in [-0.15, -0.1) is 0 Å². The number of amidine groups is 1. The first kappa shape index (κ1) is 15.6. The Morgan fingerprint density at radius 2 is 2.05 bits per heavy atom. The maximum absolute atomic E-state index is 12.2. The van der Waals surface area contributed by atoms with Crippen molar-refractivity contribution in [3.05, 3.63) is 34.9 Å². The van der Waals surface area contributed by atoms with Crippen molar-refractivity contribution < 1.29 is 10.0 Å². The van der Waals surface area contributed by atoms with Gasteiger partial charge in [-0.05, 0) is 17.7 Å². The van der Waals surface area contributed by atoms with Gasteiger partial charge in [0.05, 0.1) is 13.0 Å². The molecule has 1 saturated heterocycles. The third-order valence-electron chi connectivity index (χ3n) is 3.48. The van der Waals surface area contributed by atoms with Gasteiger partial charge in [0, 0.05) is 31.2 Å². The van der Waals surface area contributed by atoms with Crippen molar-refractivity contribution in [2.24, 2.45) is 10.9 Å². The number of oxime groups is 1. The summed E-state index contributed by atoms with van der Waals surface area (Å²) in [6, 6.07) is 7.36. The smallest absolute Gasteiger partial charge is 0.227 e. The van der Waals surface area contributed by atoms with Crippen LogP contribution in [-0.4, -0.2) is 59.5 Å². The SMILES string of the molecule is NC(CN1CCN(C(=O)Cc2cccc(Cl)c2)CC1)=NO. The van der Waals surface area contributed by atoms with Crippen molar-refractivity contribution in [1.29, 1.82) is 0 Å². The number of nitrogens with zero attached hydrogens (tertiary/aromatic N) is 3. The number of nitrogens with two attached hydrogens (primary N) is 1. The van der Waals surface area contributed by atoms with Crippen LogP contribution < -0.4 is 5.73 Å².